The molecule has 2 atom stereocenters. The van der Waals surface area contributed by atoms with E-state index in [1.807, 2.05) is 0 Å². The smallest absolute Gasteiger partial charge is 0.274 e. The number of rotatable bonds is 5. The van der Waals surface area contributed by atoms with Crippen LogP contribution in [0.2, 0.25) is 0 Å². The van der Waals surface area contributed by atoms with Gasteiger partial charge in [0.15, 0.2) is 0 Å². The molecule has 2 unspecified atom stereocenters. The molecule has 1 aromatic carbocycles. The SMILES string of the molecule is Cc1c(NC(=O)CNC2CCCCC2C(C)(C)C)cccc1[N+](=O)[O-]. The minimum Gasteiger partial charge on any atom is -0.324 e. The van der Waals surface area contributed by atoms with E-state index in [4.69, 9.17) is 0 Å². The number of carbonyl (C=O) groups excluding carboxylic acids is 1. The highest BCUT2D eigenvalue weighted by molar-refractivity contribution is 5.93. The van der Waals surface area contributed by atoms with Crippen molar-refractivity contribution >= 4 is 17.3 Å². The third kappa shape index (κ3) is 5.01. The average Bonchev–Trinajstić information content (AvgIpc) is 2.54. The predicted octanol–water partition coefficient (Wildman–Crippen LogP) is 4.04. The molecule has 2 rings (SSSR count). The topological polar surface area (TPSA) is 84.3 Å². The van der Waals surface area contributed by atoms with Crippen LogP contribution in [-0.2, 0) is 4.79 Å². The summed E-state index contributed by atoms with van der Waals surface area (Å²) in [6, 6.07) is 5.06. The summed E-state index contributed by atoms with van der Waals surface area (Å²) < 4.78 is 0. The minimum atomic E-state index is -0.431. The monoisotopic (exact) mass is 347 g/mol. The van der Waals surface area contributed by atoms with Crippen molar-refractivity contribution in [1.29, 1.82) is 0 Å². The number of nitrogens with zero attached hydrogens (tertiary/aromatic N) is 1. The van der Waals surface area contributed by atoms with Crippen LogP contribution in [-0.4, -0.2) is 23.4 Å². The summed E-state index contributed by atoms with van der Waals surface area (Å²) in [7, 11) is 0. The van der Waals surface area contributed by atoms with E-state index >= 15 is 0 Å². The Bertz CT molecular complexity index is 637. The van der Waals surface area contributed by atoms with Gasteiger partial charge < -0.3 is 10.6 Å². The highest BCUT2D eigenvalue weighted by Gasteiger charge is 2.34. The number of hydrogen-bond acceptors (Lipinski definition) is 4. The lowest BCUT2D eigenvalue weighted by Gasteiger charge is -2.40. The van der Waals surface area contributed by atoms with Gasteiger partial charge in [0, 0.05) is 12.1 Å². The third-order valence-corrected chi connectivity index (χ3v) is 5.18. The molecule has 0 saturated heterocycles. The summed E-state index contributed by atoms with van der Waals surface area (Å²) in [6.07, 6.45) is 4.72. The Kier molecular flexibility index (Phi) is 6.16. The highest BCUT2D eigenvalue weighted by atomic mass is 16.6. The van der Waals surface area contributed by atoms with E-state index < -0.39 is 4.92 Å². The van der Waals surface area contributed by atoms with Gasteiger partial charge in [-0.3, -0.25) is 14.9 Å². The predicted molar refractivity (Wildman–Crippen MR) is 99.7 cm³/mol. The van der Waals surface area contributed by atoms with Gasteiger partial charge in [0.2, 0.25) is 5.91 Å². The molecule has 0 aliphatic heterocycles. The van der Waals surface area contributed by atoms with Crippen LogP contribution in [0.15, 0.2) is 18.2 Å². The van der Waals surface area contributed by atoms with Crippen LogP contribution in [0.4, 0.5) is 11.4 Å². The van der Waals surface area contributed by atoms with Gasteiger partial charge in [0.25, 0.3) is 5.69 Å². The summed E-state index contributed by atoms with van der Waals surface area (Å²) in [6.45, 7) is 8.63. The normalized spacial score (nSPS) is 21.0. The second kappa shape index (κ2) is 7.95. The second-order valence-corrected chi connectivity index (χ2v) is 8.00. The maximum absolute atomic E-state index is 12.3. The van der Waals surface area contributed by atoms with Crippen molar-refractivity contribution in [3.63, 3.8) is 0 Å². The number of amides is 1. The second-order valence-electron chi connectivity index (χ2n) is 8.00. The molecule has 1 amide bonds. The maximum Gasteiger partial charge on any atom is 0.274 e. The Labute approximate surface area is 149 Å². The van der Waals surface area contributed by atoms with Gasteiger partial charge in [-0.1, -0.05) is 39.7 Å². The zero-order valence-electron chi connectivity index (χ0n) is 15.6. The summed E-state index contributed by atoms with van der Waals surface area (Å²) >= 11 is 0. The van der Waals surface area contributed by atoms with Crippen molar-refractivity contribution in [2.45, 2.75) is 59.4 Å². The van der Waals surface area contributed by atoms with Crippen LogP contribution in [0, 0.1) is 28.4 Å². The summed E-state index contributed by atoms with van der Waals surface area (Å²) in [5.74, 6) is 0.385. The first-order chi connectivity index (χ1) is 11.7. The quantitative estimate of drug-likeness (QED) is 0.622. The molecule has 1 aliphatic rings. The van der Waals surface area contributed by atoms with Gasteiger partial charge in [-0.05, 0) is 37.2 Å². The molecule has 1 saturated carbocycles. The van der Waals surface area contributed by atoms with Crippen molar-refractivity contribution in [3.05, 3.63) is 33.9 Å². The van der Waals surface area contributed by atoms with E-state index in [0.717, 1.165) is 6.42 Å². The van der Waals surface area contributed by atoms with Crippen LogP contribution >= 0.6 is 0 Å². The van der Waals surface area contributed by atoms with Crippen molar-refractivity contribution < 1.29 is 9.72 Å². The molecular formula is C19H29N3O3. The minimum absolute atomic E-state index is 0.0193. The lowest BCUT2D eigenvalue weighted by atomic mass is 9.69. The number of anilines is 1. The number of hydrogen-bond donors (Lipinski definition) is 2. The number of benzene rings is 1. The average molecular weight is 347 g/mol. The lowest BCUT2D eigenvalue weighted by molar-refractivity contribution is -0.385. The third-order valence-electron chi connectivity index (χ3n) is 5.18. The van der Waals surface area contributed by atoms with Crippen LogP contribution in [0.3, 0.4) is 0 Å². The van der Waals surface area contributed by atoms with Gasteiger partial charge in [0.1, 0.15) is 0 Å². The molecule has 0 bridgehead atoms. The fourth-order valence-electron chi connectivity index (χ4n) is 3.79. The van der Waals surface area contributed by atoms with Crippen molar-refractivity contribution in [3.8, 4) is 0 Å². The molecule has 0 heterocycles. The fourth-order valence-corrected chi connectivity index (χ4v) is 3.79. The molecule has 2 N–H and O–H groups in total. The fraction of sp³-hybridized carbons (Fsp3) is 0.632. The molecule has 138 valence electrons. The molecule has 0 aromatic heterocycles. The number of nitro groups is 1. The molecule has 1 aromatic rings. The number of nitrogens with one attached hydrogen (secondary N) is 2. The van der Waals surface area contributed by atoms with Gasteiger partial charge in [-0.15, -0.1) is 0 Å². The molecule has 0 radical (unpaired) electrons. The molecule has 1 fully saturated rings. The van der Waals surface area contributed by atoms with E-state index in [1.54, 1.807) is 19.1 Å². The Morgan fingerprint density at radius 2 is 1.96 bits per heavy atom. The Balaban J connectivity index is 1.97. The van der Waals surface area contributed by atoms with E-state index in [9.17, 15) is 14.9 Å². The molecule has 6 heteroatoms. The van der Waals surface area contributed by atoms with E-state index in [2.05, 4.69) is 31.4 Å². The first kappa shape index (κ1) is 19.4. The number of nitro benzene ring substituents is 1. The Morgan fingerprint density at radius 1 is 1.28 bits per heavy atom. The van der Waals surface area contributed by atoms with Crippen LogP contribution in [0.1, 0.15) is 52.0 Å². The zero-order chi connectivity index (χ0) is 18.6. The molecule has 6 nitrogen and oxygen atoms in total. The molecular weight excluding hydrogens is 318 g/mol. The van der Waals surface area contributed by atoms with Crippen LogP contribution < -0.4 is 10.6 Å². The summed E-state index contributed by atoms with van der Waals surface area (Å²) in [5, 5.41) is 17.2. The van der Waals surface area contributed by atoms with Crippen LogP contribution in [0.25, 0.3) is 0 Å². The van der Waals surface area contributed by atoms with Gasteiger partial charge in [-0.25, -0.2) is 0 Å². The highest BCUT2D eigenvalue weighted by Crippen LogP contribution is 2.37. The Hall–Kier alpha value is -1.95. The first-order valence-corrected chi connectivity index (χ1v) is 8.97. The van der Waals surface area contributed by atoms with Gasteiger partial charge in [-0.2, -0.15) is 0 Å². The van der Waals surface area contributed by atoms with Crippen LogP contribution in [0.5, 0.6) is 0 Å². The summed E-state index contributed by atoms with van der Waals surface area (Å²) in [5.41, 5.74) is 1.21. The lowest BCUT2D eigenvalue weighted by Crippen LogP contribution is -2.46. The largest absolute Gasteiger partial charge is 0.324 e. The molecule has 0 spiro atoms. The maximum atomic E-state index is 12.3. The van der Waals surface area contributed by atoms with E-state index in [-0.39, 0.29) is 23.6 Å². The standard InChI is InChI=1S/C19H29N3O3/c1-13-15(10-7-11-17(13)22(24)25)21-18(23)12-20-16-9-6-5-8-14(16)19(2,3)4/h7,10-11,14,16,20H,5-6,8-9,12H2,1-4H3,(H,21,23). The van der Waals surface area contributed by atoms with E-state index in [0.29, 0.717) is 23.2 Å². The molecule has 25 heavy (non-hydrogen) atoms. The number of carbonyl (C=O) groups is 1. The Morgan fingerprint density at radius 3 is 2.60 bits per heavy atom. The van der Waals surface area contributed by atoms with Crippen molar-refractivity contribution in [2.24, 2.45) is 11.3 Å². The first-order valence-electron chi connectivity index (χ1n) is 8.97. The zero-order valence-corrected chi connectivity index (χ0v) is 15.6. The summed E-state index contributed by atoms with van der Waals surface area (Å²) in [4.78, 5) is 22.9. The van der Waals surface area contributed by atoms with Crippen molar-refractivity contribution in [1.82, 2.24) is 5.32 Å². The molecule has 1 aliphatic carbocycles. The van der Waals surface area contributed by atoms with E-state index in [1.165, 1.54) is 25.3 Å². The van der Waals surface area contributed by atoms with Gasteiger partial charge in [0.05, 0.1) is 22.7 Å². The van der Waals surface area contributed by atoms with Gasteiger partial charge >= 0.3 is 0 Å². The van der Waals surface area contributed by atoms with Crippen molar-refractivity contribution in [2.75, 3.05) is 11.9 Å².